The largest absolute Gasteiger partial charge is 0.367 e. The van der Waals surface area contributed by atoms with Crippen LogP contribution in [0.1, 0.15) is 87.8 Å². The van der Waals surface area contributed by atoms with Crippen molar-refractivity contribution in [3.05, 3.63) is 29.3 Å². The molecule has 0 bridgehead atoms. The molecule has 1 amide bonds. The second-order valence-corrected chi connectivity index (χ2v) is 10.4. The van der Waals surface area contributed by atoms with E-state index < -0.39 is 12.5 Å². The SMILES string of the molecule is CC(C)c1cc(C(=O)N2CCC[C@@H]([C@@H]3C[C@H](C(F)F)n4nc(C(C)(C)C)cc4N3)C2)no1. The van der Waals surface area contributed by atoms with Crippen molar-refractivity contribution in [1.82, 2.24) is 19.8 Å². The van der Waals surface area contributed by atoms with Crippen LogP contribution in [-0.2, 0) is 5.41 Å². The highest BCUT2D eigenvalue weighted by Gasteiger charge is 2.40. The minimum absolute atomic E-state index is 0.0761. The molecular weight excluding hydrogens is 416 g/mol. The zero-order valence-electron chi connectivity index (χ0n) is 19.4. The molecular formula is C23H33F2N5O2. The monoisotopic (exact) mass is 449 g/mol. The van der Waals surface area contributed by atoms with Gasteiger partial charge in [-0.1, -0.05) is 39.8 Å². The Hall–Kier alpha value is -2.45. The summed E-state index contributed by atoms with van der Waals surface area (Å²) in [5.74, 6) is 1.38. The van der Waals surface area contributed by atoms with Gasteiger partial charge in [0.05, 0.1) is 5.69 Å². The van der Waals surface area contributed by atoms with E-state index in [1.54, 1.807) is 11.0 Å². The van der Waals surface area contributed by atoms with Gasteiger partial charge < -0.3 is 14.7 Å². The summed E-state index contributed by atoms with van der Waals surface area (Å²) in [4.78, 5) is 14.8. The van der Waals surface area contributed by atoms with Crippen molar-refractivity contribution in [3.8, 4) is 0 Å². The number of aromatic nitrogens is 3. The van der Waals surface area contributed by atoms with Gasteiger partial charge in [-0.05, 0) is 25.2 Å². The number of halogens is 2. The van der Waals surface area contributed by atoms with Crippen LogP contribution in [-0.4, -0.2) is 51.3 Å². The number of carbonyl (C=O) groups excluding carboxylic acids is 1. The summed E-state index contributed by atoms with van der Waals surface area (Å²) >= 11 is 0. The maximum atomic E-state index is 14.0. The number of rotatable bonds is 4. The molecule has 3 atom stereocenters. The van der Waals surface area contributed by atoms with E-state index in [1.807, 2.05) is 40.7 Å². The van der Waals surface area contributed by atoms with E-state index in [0.29, 0.717) is 30.4 Å². The number of alkyl halides is 2. The molecule has 0 radical (unpaired) electrons. The lowest BCUT2D eigenvalue weighted by atomic mass is 9.85. The number of amides is 1. The second-order valence-electron chi connectivity index (χ2n) is 10.4. The molecule has 0 aromatic carbocycles. The molecule has 0 unspecified atom stereocenters. The highest BCUT2D eigenvalue weighted by atomic mass is 19.3. The first-order valence-electron chi connectivity index (χ1n) is 11.4. The van der Waals surface area contributed by atoms with Gasteiger partial charge in [0.1, 0.15) is 17.6 Å². The van der Waals surface area contributed by atoms with Crippen molar-refractivity contribution in [1.29, 1.82) is 0 Å². The Morgan fingerprint density at radius 2 is 2.03 bits per heavy atom. The fourth-order valence-corrected chi connectivity index (χ4v) is 4.60. The zero-order valence-corrected chi connectivity index (χ0v) is 19.4. The number of piperidine rings is 1. The van der Waals surface area contributed by atoms with Crippen molar-refractivity contribution < 1.29 is 18.1 Å². The van der Waals surface area contributed by atoms with E-state index in [0.717, 1.165) is 18.5 Å². The van der Waals surface area contributed by atoms with Crippen molar-refractivity contribution in [3.63, 3.8) is 0 Å². The van der Waals surface area contributed by atoms with Gasteiger partial charge >= 0.3 is 0 Å². The number of anilines is 1. The number of hydrogen-bond acceptors (Lipinski definition) is 5. The van der Waals surface area contributed by atoms with Gasteiger partial charge in [-0.2, -0.15) is 5.10 Å². The Balaban J connectivity index is 1.51. The molecule has 1 saturated heterocycles. The molecule has 2 aromatic heterocycles. The van der Waals surface area contributed by atoms with E-state index in [9.17, 15) is 13.6 Å². The summed E-state index contributed by atoms with van der Waals surface area (Å²) in [5, 5.41) is 11.9. The van der Waals surface area contributed by atoms with Crippen LogP contribution < -0.4 is 5.32 Å². The van der Waals surface area contributed by atoms with Crippen LogP contribution in [0.25, 0.3) is 0 Å². The van der Waals surface area contributed by atoms with Crippen molar-refractivity contribution in [2.45, 2.75) is 83.7 Å². The molecule has 9 heteroatoms. The third-order valence-corrected chi connectivity index (χ3v) is 6.57. The highest BCUT2D eigenvalue weighted by molar-refractivity contribution is 5.92. The molecule has 4 heterocycles. The highest BCUT2D eigenvalue weighted by Crippen LogP contribution is 2.38. The zero-order chi connectivity index (χ0) is 23.2. The minimum atomic E-state index is -2.50. The lowest BCUT2D eigenvalue weighted by Gasteiger charge is -2.41. The lowest BCUT2D eigenvalue weighted by Crippen LogP contribution is -2.48. The fourth-order valence-electron chi connectivity index (χ4n) is 4.60. The van der Waals surface area contributed by atoms with Crippen LogP contribution in [0.5, 0.6) is 0 Å². The number of fused-ring (bicyclic) bond motifs is 1. The molecule has 2 aromatic rings. The van der Waals surface area contributed by atoms with Crippen LogP contribution in [0.2, 0.25) is 0 Å². The summed E-state index contributed by atoms with van der Waals surface area (Å²) in [6.07, 6.45) is -0.510. The first kappa shape index (κ1) is 22.7. The predicted octanol–water partition coefficient (Wildman–Crippen LogP) is 4.83. The van der Waals surface area contributed by atoms with E-state index in [4.69, 9.17) is 4.52 Å². The molecule has 2 aliphatic heterocycles. The van der Waals surface area contributed by atoms with E-state index in [-0.39, 0.29) is 35.6 Å². The number of nitrogens with one attached hydrogen (secondary N) is 1. The summed E-state index contributed by atoms with van der Waals surface area (Å²) in [5.41, 5.74) is 0.873. The number of nitrogens with zero attached hydrogens (tertiary/aromatic N) is 4. The van der Waals surface area contributed by atoms with E-state index in [2.05, 4.69) is 15.6 Å². The van der Waals surface area contributed by atoms with E-state index in [1.165, 1.54) is 4.68 Å². The topological polar surface area (TPSA) is 76.2 Å². The minimum Gasteiger partial charge on any atom is -0.367 e. The lowest BCUT2D eigenvalue weighted by molar-refractivity contribution is 0.0500. The van der Waals surface area contributed by atoms with Gasteiger partial charge in [0.2, 0.25) is 0 Å². The van der Waals surface area contributed by atoms with Crippen LogP contribution in [0, 0.1) is 5.92 Å². The third-order valence-electron chi connectivity index (χ3n) is 6.57. The Morgan fingerprint density at radius 3 is 2.66 bits per heavy atom. The van der Waals surface area contributed by atoms with Gasteiger partial charge in [0, 0.05) is 42.6 Å². The van der Waals surface area contributed by atoms with Crippen molar-refractivity contribution >= 4 is 11.7 Å². The predicted molar refractivity (Wildman–Crippen MR) is 117 cm³/mol. The number of likely N-dealkylation sites (tertiary alicyclic amines) is 1. The smallest absolute Gasteiger partial charge is 0.276 e. The van der Waals surface area contributed by atoms with Crippen molar-refractivity contribution in [2.24, 2.45) is 5.92 Å². The average molecular weight is 450 g/mol. The molecule has 176 valence electrons. The van der Waals surface area contributed by atoms with Crippen molar-refractivity contribution in [2.75, 3.05) is 18.4 Å². The summed E-state index contributed by atoms with van der Waals surface area (Å²) in [6, 6.07) is 2.47. The maximum Gasteiger partial charge on any atom is 0.276 e. The number of hydrogen-bond donors (Lipinski definition) is 1. The maximum absolute atomic E-state index is 14.0. The molecule has 1 N–H and O–H groups in total. The Bertz CT molecular complexity index is 962. The molecule has 7 nitrogen and oxygen atoms in total. The quantitative estimate of drug-likeness (QED) is 0.723. The second kappa shape index (κ2) is 8.48. The number of carbonyl (C=O) groups is 1. The van der Waals surface area contributed by atoms with Gasteiger partial charge in [0.15, 0.2) is 5.69 Å². The summed E-state index contributed by atoms with van der Waals surface area (Å²) in [7, 11) is 0. The standard InChI is InChI=1S/C23H33F2N5O2/c1-13(2)18-10-16(28-32-18)22(31)29-8-6-7-14(12-29)15-9-17(21(24)25)30-20(26-15)11-19(27-30)23(3,4)5/h10-11,13-15,17,21,26H,6-9,12H2,1-5H3/t14-,15+,17-/m1/s1. The third kappa shape index (κ3) is 4.38. The summed E-state index contributed by atoms with van der Waals surface area (Å²) in [6.45, 7) is 11.2. The average Bonchev–Trinajstić information content (AvgIpc) is 3.39. The van der Waals surface area contributed by atoms with Crippen LogP contribution in [0.3, 0.4) is 0 Å². The first-order chi connectivity index (χ1) is 15.0. The normalized spacial score (nSPS) is 24.0. The molecule has 32 heavy (non-hydrogen) atoms. The van der Waals surface area contributed by atoms with E-state index >= 15 is 0 Å². The first-order valence-corrected chi connectivity index (χ1v) is 11.4. The Morgan fingerprint density at radius 1 is 1.28 bits per heavy atom. The van der Waals surface area contributed by atoms with Crippen LogP contribution in [0.4, 0.5) is 14.6 Å². The molecule has 4 rings (SSSR count). The Kier molecular flexibility index (Phi) is 6.02. The van der Waals surface area contributed by atoms with Gasteiger partial charge in [-0.25, -0.2) is 13.5 Å². The Labute approximate surface area is 187 Å². The molecule has 0 aliphatic carbocycles. The fraction of sp³-hybridized carbons (Fsp3) is 0.696. The van der Waals surface area contributed by atoms with Gasteiger partial charge in [0.25, 0.3) is 12.3 Å². The van der Waals surface area contributed by atoms with Gasteiger partial charge in [-0.15, -0.1) is 0 Å². The molecule has 0 spiro atoms. The molecule has 2 aliphatic rings. The molecule has 0 saturated carbocycles. The van der Waals surface area contributed by atoms with Crippen LogP contribution in [0.15, 0.2) is 16.7 Å². The van der Waals surface area contributed by atoms with Gasteiger partial charge in [-0.3, -0.25) is 4.79 Å². The van der Waals surface area contributed by atoms with Crippen LogP contribution >= 0.6 is 0 Å². The summed E-state index contributed by atoms with van der Waals surface area (Å²) < 4.78 is 34.7. The molecule has 1 fully saturated rings.